The van der Waals surface area contributed by atoms with Gasteiger partial charge in [0.15, 0.2) is 0 Å². The molecule has 6 nitrogen and oxygen atoms in total. The van der Waals surface area contributed by atoms with Crippen LogP contribution in [0.3, 0.4) is 0 Å². The monoisotopic (exact) mass is 395 g/mol. The molecule has 4 rings (SSSR count). The van der Waals surface area contributed by atoms with Gasteiger partial charge in [-0.2, -0.15) is 5.10 Å². The summed E-state index contributed by atoms with van der Waals surface area (Å²) in [5, 5.41) is 4.53. The Morgan fingerprint density at radius 2 is 2.00 bits per heavy atom. The number of rotatable bonds is 5. The smallest absolute Gasteiger partial charge is 0.257 e. The molecule has 2 aliphatic rings. The van der Waals surface area contributed by atoms with Gasteiger partial charge >= 0.3 is 0 Å². The summed E-state index contributed by atoms with van der Waals surface area (Å²) in [6.45, 7) is 7.53. The molecule has 3 heterocycles. The molecular weight excluding hydrogens is 366 g/mol. The SMILES string of the molecule is CCOc1ccc(C2=CCN(C(=O)c3cnn(C4CCOCC4)c3C)CC2)cc1. The topological polar surface area (TPSA) is 56.6 Å². The molecular formula is C23H29N3O3. The van der Waals surface area contributed by atoms with Gasteiger partial charge in [-0.15, -0.1) is 0 Å². The second-order valence-electron chi connectivity index (χ2n) is 7.62. The summed E-state index contributed by atoms with van der Waals surface area (Å²) in [5.41, 5.74) is 4.16. The van der Waals surface area contributed by atoms with E-state index < -0.39 is 0 Å². The summed E-state index contributed by atoms with van der Waals surface area (Å²) < 4.78 is 13.0. The highest BCUT2D eigenvalue weighted by molar-refractivity contribution is 5.95. The molecule has 1 aromatic heterocycles. The molecule has 0 spiro atoms. The highest BCUT2D eigenvalue weighted by atomic mass is 16.5. The number of hydrogen-bond acceptors (Lipinski definition) is 4. The maximum absolute atomic E-state index is 13.1. The van der Waals surface area contributed by atoms with Crippen LogP contribution in [0, 0.1) is 6.92 Å². The minimum Gasteiger partial charge on any atom is -0.494 e. The van der Waals surface area contributed by atoms with E-state index in [0.717, 1.165) is 56.0 Å². The van der Waals surface area contributed by atoms with Crippen molar-refractivity contribution in [2.75, 3.05) is 32.9 Å². The number of benzene rings is 1. The number of carbonyl (C=O) groups is 1. The molecule has 6 heteroatoms. The van der Waals surface area contributed by atoms with Crippen LogP contribution in [0.5, 0.6) is 5.75 Å². The van der Waals surface area contributed by atoms with Crippen molar-refractivity contribution < 1.29 is 14.3 Å². The minimum absolute atomic E-state index is 0.0720. The van der Waals surface area contributed by atoms with Crippen molar-refractivity contribution in [2.24, 2.45) is 0 Å². The first-order chi connectivity index (χ1) is 14.2. The van der Waals surface area contributed by atoms with E-state index in [0.29, 0.717) is 19.2 Å². The first kappa shape index (κ1) is 19.7. The molecule has 0 radical (unpaired) electrons. The third-order valence-corrected chi connectivity index (χ3v) is 5.84. The number of amides is 1. The van der Waals surface area contributed by atoms with Crippen LogP contribution in [0.15, 0.2) is 36.5 Å². The highest BCUT2D eigenvalue weighted by Gasteiger charge is 2.25. The van der Waals surface area contributed by atoms with Gasteiger partial charge in [0, 0.05) is 32.0 Å². The Labute approximate surface area is 172 Å². The zero-order valence-electron chi connectivity index (χ0n) is 17.3. The van der Waals surface area contributed by atoms with Crippen molar-refractivity contribution in [1.29, 1.82) is 0 Å². The standard InChI is InChI=1S/C23H29N3O3/c1-3-29-21-6-4-18(5-7-21)19-8-12-25(13-9-19)23(27)22-16-24-26(17(22)2)20-10-14-28-15-11-20/h4-8,16,20H,3,9-15H2,1-2H3. The number of aromatic nitrogens is 2. The summed E-state index contributed by atoms with van der Waals surface area (Å²) in [7, 11) is 0. The molecule has 2 aromatic rings. The molecule has 0 N–H and O–H groups in total. The van der Waals surface area contributed by atoms with E-state index in [-0.39, 0.29) is 5.91 Å². The van der Waals surface area contributed by atoms with Gasteiger partial charge in [-0.05, 0) is 56.4 Å². The lowest BCUT2D eigenvalue weighted by molar-refractivity contribution is 0.0655. The van der Waals surface area contributed by atoms with Gasteiger partial charge < -0.3 is 14.4 Å². The van der Waals surface area contributed by atoms with Crippen molar-refractivity contribution in [3.05, 3.63) is 53.4 Å². The maximum Gasteiger partial charge on any atom is 0.257 e. The number of carbonyl (C=O) groups excluding carboxylic acids is 1. The molecule has 0 atom stereocenters. The molecule has 1 amide bonds. The Kier molecular flexibility index (Phi) is 6.00. The number of nitrogens with zero attached hydrogens (tertiary/aromatic N) is 3. The lowest BCUT2D eigenvalue weighted by Crippen LogP contribution is -2.35. The van der Waals surface area contributed by atoms with Crippen molar-refractivity contribution in [3.63, 3.8) is 0 Å². The van der Waals surface area contributed by atoms with Gasteiger partial charge in [-0.1, -0.05) is 18.2 Å². The van der Waals surface area contributed by atoms with Gasteiger partial charge in [-0.25, -0.2) is 0 Å². The van der Waals surface area contributed by atoms with Crippen LogP contribution in [0.25, 0.3) is 5.57 Å². The molecule has 154 valence electrons. The lowest BCUT2D eigenvalue weighted by Gasteiger charge is -2.27. The van der Waals surface area contributed by atoms with Crippen LogP contribution in [0.4, 0.5) is 0 Å². The Balaban J connectivity index is 1.43. The predicted octanol–water partition coefficient (Wildman–Crippen LogP) is 3.87. The van der Waals surface area contributed by atoms with E-state index in [4.69, 9.17) is 9.47 Å². The first-order valence-corrected chi connectivity index (χ1v) is 10.5. The minimum atomic E-state index is 0.0720. The molecule has 2 aliphatic heterocycles. The first-order valence-electron chi connectivity index (χ1n) is 10.5. The lowest BCUT2D eigenvalue weighted by atomic mass is 9.99. The average Bonchev–Trinajstić information content (AvgIpc) is 3.16. The fraction of sp³-hybridized carbons (Fsp3) is 0.478. The van der Waals surface area contributed by atoms with Gasteiger partial charge in [0.2, 0.25) is 0 Å². The highest BCUT2D eigenvalue weighted by Crippen LogP contribution is 2.27. The summed E-state index contributed by atoms with van der Waals surface area (Å²) in [6, 6.07) is 8.53. The molecule has 1 aromatic carbocycles. The van der Waals surface area contributed by atoms with Crippen molar-refractivity contribution >= 4 is 11.5 Å². The summed E-state index contributed by atoms with van der Waals surface area (Å²) in [6.07, 6.45) is 6.66. The number of ether oxygens (including phenoxy) is 2. The maximum atomic E-state index is 13.1. The van der Waals surface area contributed by atoms with Crippen LogP contribution < -0.4 is 4.74 Å². The van der Waals surface area contributed by atoms with E-state index in [1.54, 1.807) is 6.20 Å². The molecule has 29 heavy (non-hydrogen) atoms. The summed E-state index contributed by atoms with van der Waals surface area (Å²) >= 11 is 0. The largest absolute Gasteiger partial charge is 0.494 e. The van der Waals surface area contributed by atoms with Gasteiger partial charge in [-0.3, -0.25) is 9.48 Å². The quantitative estimate of drug-likeness (QED) is 0.771. The Hall–Kier alpha value is -2.60. The van der Waals surface area contributed by atoms with E-state index in [1.165, 1.54) is 11.1 Å². The van der Waals surface area contributed by atoms with Crippen LogP contribution >= 0.6 is 0 Å². The third kappa shape index (κ3) is 4.22. The summed E-state index contributed by atoms with van der Waals surface area (Å²) in [4.78, 5) is 15.0. The summed E-state index contributed by atoms with van der Waals surface area (Å²) in [5.74, 6) is 0.962. The fourth-order valence-electron chi connectivity index (χ4n) is 4.15. The van der Waals surface area contributed by atoms with E-state index in [1.807, 2.05) is 35.6 Å². The molecule has 1 fully saturated rings. The third-order valence-electron chi connectivity index (χ3n) is 5.84. The zero-order chi connectivity index (χ0) is 20.2. The number of hydrogen-bond donors (Lipinski definition) is 0. The normalized spacial score (nSPS) is 17.9. The Morgan fingerprint density at radius 1 is 1.24 bits per heavy atom. The van der Waals surface area contributed by atoms with E-state index >= 15 is 0 Å². The Bertz CT molecular complexity index is 879. The second kappa shape index (κ2) is 8.82. The van der Waals surface area contributed by atoms with E-state index in [2.05, 4.69) is 23.3 Å². The van der Waals surface area contributed by atoms with Crippen molar-refractivity contribution in [1.82, 2.24) is 14.7 Å². The van der Waals surface area contributed by atoms with Crippen molar-refractivity contribution in [3.8, 4) is 5.75 Å². The molecule has 0 aliphatic carbocycles. The fourth-order valence-corrected chi connectivity index (χ4v) is 4.15. The zero-order valence-corrected chi connectivity index (χ0v) is 17.3. The second-order valence-corrected chi connectivity index (χ2v) is 7.62. The van der Waals surface area contributed by atoms with E-state index in [9.17, 15) is 4.79 Å². The molecule has 0 saturated carbocycles. The van der Waals surface area contributed by atoms with Gasteiger partial charge in [0.05, 0.1) is 24.4 Å². The predicted molar refractivity (Wildman–Crippen MR) is 112 cm³/mol. The van der Waals surface area contributed by atoms with Gasteiger partial charge in [0.25, 0.3) is 5.91 Å². The Morgan fingerprint density at radius 3 is 2.66 bits per heavy atom. The molecule has 1 saturated heterocycles. The van der Waals surface area contributed by atoms with Crippen LogP contribution in [-0.2, 0) is 4.74 Å². The van der Waals surface area contributed by atoms with Crippen LogP contribution in [0.2, 0.25) is 0 Å². The van der Waals surface area contributed by atoms with Crippen molar-refractivity contribution in [2.45, 2.75) is 39.2 Å². The molecule has 0 bridgehead atoms. The van der Waals surface area contributed by atoms with Crippen LogP contribution in [-0.4, -0.2) is 53.5 Å². The average molecular weight is 396 g/mol. The van der Waals surface area contributed by atoms with Gasteiger partial charge in [0.1, 0.15) is 5.75 Å². The molecule has 0 unspecified atom stereocenters. The van der Waals surface area contributed by atoms with Crippen LogP contribution in [0.1, 0.15) is 53.8 Å².